The van der Waals surface area contributed by atoms with E-state index in [1.807, 2.05) is 54.6 Å². The predicted molar refractivity (Wildman–Crippen MR) is 123 cm³/mol. The first-order valence-electron chi connectivity index (χ1n) is 10.7. The summed E-state index contributed by atoms with van der Waals surface area (Å²) in [6.45, 7) is 0.786. The zero-order valence-electron chi connectivity index (χ0n) is 16.9. The zero-order chi connectivity index (χ0) is 19.7. The third kappa shape index (κ3) is 10.5. The second-order valence-electron chi connectivity index (χ2n) is 7.14. The van der Waals surface area contributed by atoms with E-state index in [0.717, 1.165) is 35.9 Å². The average molecular weight is 399 g/mol. The summed E-state index contributed by atoms with van der Waals surface area (Å²) in [5, 5.41) is 8.47. The van der Waals surface area contributed by atoms with E-state index in [2.05, 4.69) is 22.9 Å². The van der Waals surface area contributed by atoms with E-state index in [-0.39, 0.29) is 0 Å². The van der Waals surface area contributed by atoms with Crippen LogP contribution in [0.3, 0.4) is 0 Å². The van der Waals surface area contributed by atoms with E-state index in [0.29, 0.717) is 0 Å². The molecule has 3 nitrogen and oxygen atoms in total. The molecule has 0 aliphatic heterocycles. The molecule has 0 saturated heterocycles. The van der Waals surface area contributed by atoms with Crippen LogP contribution in [0.15, 0.2) is 64.8 Å². The molecule has 0 amide bonds. The summed E-state index contributed by atoms with van der Waals surface area (Å²) in [6.07, 6.45) is 13.2. The molecule has 0 radical (unpaired) electrons. The Kier molecular flexibility index (Phi) is 12.2. The maximum absolute atomic E-state index is 5.83. The highest BCUT2D eigenvalue weighted by molar-refractivity contribution is 7.80. The van der Waals surface area contributed by atoms with E-state index >= 15 is 0 Å². The van der Waals surface area contributed by atoms with Gasteiger partial charge >= 0.3 is 0 Å². The summed E-state index contributed by atoms with van der Waals surface area (Å²) in [6, 6.07) is 17.6. The first-order valence-corrected chi connectivity index (χ1v) is 11.3. The molecular weight excluding hydrogens is 364 g/mol. The normalized spacial score (nSPS) is 11.2. The maximum Gasteiger partial charge on any atom is 0.119 e. The molecule has 2 rings (SSSR count). The van der Waals surface area contributed by atoms with Crippen molar-refractivity contribution in [1.29, 1.82) is 0 Å². The van der Waals surface area contributed by atoms with Crippen LogP contribution < -0.4 is 4.74 Å². The number of nitrogens with zero attached hydrogens (tertiary/aromatic N) is 2. The molecule has 2 aromatic carbocycles. The quantitative estimate of drug-likeness (QED) is 0.183. The maximum atomic E-state index is 5.83. The molecule has 0 spiro atoms. The SMILES string of the molecule is SCCCCCCCCCCCCOc1ccc(N=Nc2ccccc2)cc1. The van der Waals surface area contributed by atoms with Crippen molar-refractivity contribution in [2.75, 3.05) is 12.4 Å². The minimum Gasteiger partial charge on any atom is -0.494 e. The van der Waals surface area contributed by atoms with Gasteiger partial charge in [0.15, 0.2) is 0 Å². The van der Waals surface area contributed by atoms with Crippen LogP contribution in [0, 0.1) is 0 Å². The van der Waals surface area contributed by atoms with Gasteiger partial charge in [-0.25, -0.2) is 0 Å². The highest BCUT2D eigenvalue weighted by Gasteiger charge is 1.97. The van der Waals surface area contributed by atoms with Crippen LogP contribution in [-0.4, -0.2) is 12.4 Å². The largest absolute Gasteiger partial charge is 0.494 e. The molecule has 0 saturated carbocycles. The molecule has 0 N–H and O–H groups in total. The van der Waals surface area contributed by atoms with Crippen LogP contribution in [-0.2, 0) is 0 Å². The number of hydrogen-bond donors (Lipinski definition) is 1. The molecule has 0 aliphatic carbocycles. The van der Waals surface area contributed by atoms with E-state index in [4.69, 9.17) is 4.74 Å². The Hall–Kier alpha value is -1.81. The molecule has 0 bridgehead atoms. The summed E-state index contributed by atoms with van der Waals surface area (Å²) in [4.78, 5) is 0. The van der Waals surface area contributed by atoms with E-state index in [1.165, 1.54) is 57.8 Å². The third-order valence-electron chi connectivity index (χ3n) is 4.70. The van der Waals surface area contributed by atoms with Crippen molar-refractivity contribution in [3.05, 3.63) is 54.6 Å². The van der Waals surface area contributed by atoms with Gasteiger partial charge in [-0.1, -0.05) is 69.6 Å². The molecular formula is C24H34N2OS. The van der Waals surface area contributed by atoms with Gasteiger partial charge in [0.25, 0.3) is 0 Å². The molecule has 0 atom stereocenters. The minimum absolute atomic E-state index is 0.786. The molecule has 0 aliphatic rings. The van der Waals surface area contributed by atoms with Gasteiger partial charge in [-0.3, -0.25) is 0 Å². The Balaban J connectivity index is 1.49. The lowest BCUT2D eigenvalue weighted by molar-refractivity contribution is 0.304. The van der Waals surface area contributed by atoms with Gasteiger partial charge in [0.1, 0.15) is 5.75 Å². The van der Waals surface area contributed by atoms with Gasteiger partial charge in [0.05, 0.1) is 18.0 Å². The van der Waals surface area contributed by atoms with Crippen LogP contribution >= 0.6 is 12.6 Å². The molecule has 0 unspecified atom stereocenters. The number of azo groups is 1. The van der Waals surface area contributed by atoms with Gasteiger partial charge in [0.2, 0.25) is 0 Å². The van der Waals surface area contributed by atoms with Gasteiger partial charge < -0.3 is 4.74 Å². The fourth-order valence-electron chi connectivity index (χ4n) is 3.04. The fourth-order valence-corrected chi connectivity index (χ4v) is 3.26. The monoisotopic (exact) mass is 398 g/mol. The number of rotatable bonds is 15. The number of thiol groups is 1. The van der Waals surface area contributed by atoms with Crippen molar-refractivity contribution in [3.8, 4) is 5.75 Å². The number of ether oxygens (including phenoxy) is 1. The summed E-state index contributed by atoms with van der Waals surface area (Å²) < 4.78 is 5.83. The summed E-state index contributed by atoms with van der Waals surface area (Å²) >= 11 is 4.25. The molecule has 152 valence electrons. The average Bonchev–Trinajstić information content (AvgIpc) is 2.74. The summed E-state index contributed by atoms with van der Waals surface area (Å²) in [7, 11) is 0. The zero-order valence-corrected chi connectivity index (χ0v) is 17.8. The second kappa shape index (κ2) is 15.2. The van der Waals surface area contributed by atoms with Crippen molar-refractivity contribution < 1.29 is 4.74 Å². The van der Waals surface area contributed by atoms with E-state index in [9.17, 15) is 0 Å². The lowest BCUT2D eigenvalue weighted by atomic mass is 10.1. The van der Waals surface area contributed by atoms with Crippen molar-refractivity contribution >= 4 is 24.0 Å². The second-order valence-corrected chi connectivity index (χ2v) is 7.58. The molecule has 0 heterocycles. The topological polar surface area (TPSA) is 34.0 Å². The van der Waals surface area contributed by atoms with E-state index in [1.54, 1.807) is 0 Å². The summed E-state index contributed by atoms with van der Waals surface area (Å²) in [5.74, 6) is 1.94. The van der Waals surface area contributed by atoms with Crippen LogP contribution in [0.2, 0.25) is 0 Å². The molecule has 28 heavy (non-hydrogen) atoms. The smallest absolute Gasteiger partial charge is 0.119 e. The first-order chi connectivity index (χ1) is 13.9. The Bertz CT molecular complexity index is 643. The summed E-state index contributed by atoms with van der Waals surface area (Å²) in [5.41, 5.74) is 1.69. The predicted octanol–water partition coefficient (Wildman–Crippen LogP) is 8.31. The Labute approximate surface area is 176 Å². The molecule has 4 heteroatoms. The molecule has 0 aromatic heterocycles. The fraction of sp³-hybridized carbons (Fsp3) is 0.500. The Morgan fingerprint density at radius 2 is 1.07 bits per heavy atom. The van der Waals surface area contributed by atoms with Crippen LogP contribution in [0.25, 0.3) is 0 Å². The van der Waals surface area contributed by atoms with Crippen molar-refractivity contribution in [3.63, 3.8) is 0 Å². The van der Waals surface area contributed by atoms with Crippen LogP contribution in [0.4, 0.5) is 11.4 Å². The number of unbranched alkanes of at least 4 members (excludes halogenated alkanes) is 9. The minimum atomic E-state index is 0.786. The lowest BCUT2D eigenvalue weighted by Gasteiger charge is -2.06. The van der Waals surface area contributed by atoms with Gasteiger partial charge in [-0.2, -0.15) is 22.9 Å². The lowest BCUT2D eigenvalue weighted by Crippen LogP contribution is -1.96. The van der Waals surface area contributed by atoms with Gasteiger partial charge in [0, 0.05) is 0 Å². The van der Waals surface area contributed by atoms with Crippen LogP contribution in [0.5, 0.6) is 5.75 Å². The van der Waals surface area contributed by atoms with Crippen molar-refractivity contribution in [2.45, 2.75) is 64.2 Å². The standard InChI is InChI=1S/C24H34N2OS/c28-21-13-8-6-4-2-1-3-5-7-12-20-27-24-18-16-23(17-19-24)26-25-22-14-10-9-11-15-22/h9-11,14-19,28H,1-8,12-13,20-21H2. The highest BCUT2D eigenvalue weighted by Crippen LogP contribution is 2.21. The van der Waals surface area contributed by atoms with E-state index < -0.39 is 0 Å². The first kappa shape index (κ1) is 22.5. The number of benzene rings is 2. The van der Waals surface area contributed by atoms with Gasteiger partial charge in [-0.15, -0.1) is 0 Å². The Morgan fingerprint density at radius 3 is 1.64 bits per heavy atom. The van der Waals surface area contributed by atoms with Gasteiger partial charge in [-0.05, 0) is 55.0 Å². The van der Waals surface area contributed by atoms with Crippen molar-refractivity contribution in [1.82, 2.24) is 0 Å². The van der Waals surface area contributed by atoms with Crippen molar-refractivity contribution in [2.24, 2.45) is 10.2 Å². The van der Waals surface area contributed by atoms with Crippen LogP contribution in [0.1, 0.15) is 64.2 Å². The third-order valence-corrected chi connectivity index (χ3v) is 5.01. The Morgan fingerprint density at radius 1 is 0.571 bits per heavy atom. The molecule has 2 aromatic rings. The number of hydrogen-bond acceptors (Lipinski definition) is 4. The highest BCUT2D eigenvalue weighted by atomic mass is 32.1. The molecule has 0 fully saturated rings.